The summed E-state index contributed by atoms with van der Waals surface area (Å²) in [4.78, 5) is 6.60. The lowest BCUT2D eigenvalue weighted by Gasteiger charge is -2.15. The highest BCUT2D eigenvalue weighted by atomic mass is 16.5. The first-order chi connectivity index (χ1) is 8.38. The van der Waals surface area contributed by atoms with Crippen LogP contribution in [0.25, 0.3) is 0 Å². The lowest BCUT2D eigenvalue weighted by molar-refractivity contribution is 0.0819. The zero-order valence-corrected chi connectivity index (χ0v) is 10.3. The van der Waals surface area contributed by atoms with Gasteiger partial charge in [-0.25, -0.2) is 0 Å². The van der Waals surface area contributed by atoms with Crippen molar-refractivity contribution in [2.75, 3.05) is 33.4 Å². The molecule has 0 amide bonds. The quantitative estimate of drug-likeness (QED) is 0.698. The van der Waals surface area contributed by atoms with Gasteiger partial charge in [0, 0.05) is 32.9 Å². The van der Waals surface area contributed by atoms with E-state index in [0.717, 1.165) is 38.4 Å². The number of hydrogen-bond acceptors (Lipinski definition) is 4. The average molecular weight is 236 g/mol. The van der Waals surface area contributed by atoms with Gasteiger partial charge in [0.05, 0.1) is 25.0 Å². The Bertz CT molecular complexity index is 318. The van der Waals surface area contributed by atoms with E-state index in [9.17, 15) is 0 Å². The number of pyridine rings is 1. The highest BCUT2D eigenvalue weighted by molar-refractivity contribution is 5.01. The summed E-state index contributed by atoms with van der Waals surface area (Å²) in [6, 6.07) is 5.88. The molecule has 1 aromatic rings. The molecule has 0 aromatic carbocycles. The zero-order chi connectivity index (χ0) is 11.9. The van der Waals surface area contributed by atoms with Gasteiger partial charge in [0.25, 0.3) is 0 Å². The molecule has 1 atom stereocenters. The van der Waals surface area contributed by atoms with Crippen LogP contribution < -0.4 is 0 Å². The number of hydrogen-bond donors (Lipinski definition) is 0. The molecule has 0 spiro atoms. The number of rotatable bonds is 6. The summed E-state index contributed by atoms with van der Waals surface area (Å²) in [6.45, 7) is 4.48. The maximum absolute atomic E-state index is 5.61. The van der Waals surface area contributed by atoms with Crippen LogP contribution in [0.2, 0.25) is 0 Å². The maximum Gasteiger partial charge on any atom is 0.0888 e. The van der Waals surface area contributed by atoms with Crippen LogP contribution in [-0.4, -0.2) is 49.3 Å². The molecule has 1 aromatic heterocycles. The topological polar surface area (TPSA) is 34.6 Å². The van der Waals surface area contributed by atoms with Gasteiger partial charge in [-0.2, -0.15) is 0 Å². The van der Waals surface area contributed by atoms with Crippen LogP contribution in [0.5, 0.6) is 0 Å². The van der Waals surface area contributed by atoms with E-state index in [1.807, 2.05) is 18.2 Å². The van der Waals surface area contributed by atoms with Gasteiger partial charge in [0.15, 0.2) is 0 Å². The normalized spacial score (nSPS) is 20.9. The Morgan fingerprint density at radius 2 is 2.41 bits per heavy atom. The van der Waals surface area contributed by atoms with Crippen LogP contribution in [0.15, 0.2) is 24.4 Å². The van der Waals surface area contributed by atoms with Crippen molar-refractivity contribution in [2.24, 2.45) is 0 Å². The monoisotopic (exact) mass is 236 g/mol. The van der Waals surface area contributed by atoms with E-state index < -0.39 is 0 Å². The molecule has 1 fully saturated rings. The molecular formula is C13H20N2O2. The molecule has 0 N–H and O–H groups in total. The summed E-state index contributed by atoms with van der Waals surface area (Å²) in [5, 5.41) is 0. The molecule has 4 nitrogen and oxygen atoms in total. The first kappa shape index (κ1) is 12.5. The number of methoxy groups -OCH3 is 1. The molecule has 4 heteroatoms. The fraction of sp³-hybridized carbons (Fsp3) is 0.615. The molecule has 0 aliphatic carbocycles. The maximum atomic E-state index is 5.61. The Morgan fingerprint density at radius 3 is 3.12 bits per heavy atom. The van der Waals surface area contributed by atoms with Crippen LogP contribution in [-0.2, 0) is 16.1 Å². The standard InChI is InChI=1S/C13H20N2O2/c1-16-13-5-7-15(10-13)8-9-17-11-12-4-2-3-6-14-12/h2-4,6,13H,5,7-11H2,1H3. The second kappa shape index (κ2) is 6.69. The first-order valence-corrected chi connectivity index (χ1v) is 6.11. The second-order valence-corrected chi connectivity index (χ2v) is 4.32. The molecule has 0 saturated carbocycles. The van der Waals surface area contributed by atoms with Crippen LogP contribution in [0.1, 0.15) is 12.1 Å². The SMILES string of the molecule is COC1CCN(CCOCc2ccccn2)C1. The number of aromatic nitrogens is 1. The van der Waals surface area contributed by atoms with E-state index in [0.29, 0.717) is 12.7 Å². The molecule has 1 aliphatic heterocycles. The molecule has 1 aliphatic rings. The third kappa shape index (κ3) is 4.07. The van der Waals surface area contributed by atoms with Crippen molar-refractivity contribution < 1.29 is 9.47 Å². The zero-order valence-electron chi connectivity index (χ0n) is 10.3. The minimum absolute atomic E-state index is 0.408. The van der Waals surface area contributed by atoms with E-state index in [1.165, 1.54) is 0 Å². The predicted molar refractivity (Wildman–Crippen MR) is 65.7 cm³/mol. The van der Waals surface area contributed by atoms with Gasteiger partial charge in [-0.05, 0) is 18.6 Å². The van der Waals surface area contributed by atoms with Gasteiger partial charge in [-0.15, -0.1) is 0 Å². The van der Waals surface area contributed by atoms with Crippen LogP contribution in [0, 0.1) is 0 Å². The summed E-state index contributed by atoms with van der Waals surface area (Å²) >= 11 is 0. The Balaban J connectivity index is 1.58. The first-order valence-electron chi connectivity index (χ1n) is 6.11. The highest BCUT2D eigenvalue weighted by Gasteiger charge is 2.21. The number of ether oxygens (including phenoxy) is 2. The average Bonchev–Trinajstić information content (AvgIpc) is 2.84. The minimum Gasteiger partial charge on any atom is -0.380 e. The van der Waals surface area contributed by atoms with E-state index in [2.05, 4.69) is 9.88 Å². The van der Waals surface area contributed by atoms with Crippen molar-refractivity contribution in [3.63, 3.8) is 0 Å². The Morgan fingerprint density at radius 1 is 1.47 bits per heavy atom. The molecule has 1 unspecified atom stereocenters. The third-order valence-electron chi connectivity index (χ3n) is 3.09. The summed E-state index contributed by atoms with van der Waals surface area (Å²) in [6.07, 6.45) is 3.34. The van der Waals surface area contributed by atoms with Gasteiger partial charge in [-0.3, -0.25) is 9.88 Å². The van der Waals surface area contributed by atoms with Crippen molar-refractivity contribution >= 4 is 0 Å². The number of nitrogens with zero attached hydrogens (tertiary/aromatic N) is 2. The molecule has 2 rings (SSSR count). The van der Waals surface area contributed by atoms with E-state index in [4.69, 9.17) is 9.47 Å². The lowest BCUT2D eigenvalue weighted by Crippen LogP contribution is -2.26. The summed E-state index contributed by atoms with van der Waals surface area (Å²) < 4.78 is 10.9. The molecular weight excluding hydrogens is 216 g/mol. The Labute approximate surface area is 103 Å². The van der Waals surface area contributed by atoms with Gasteiger partial charge in [0.2, 0.25) is 0 Å². The molecule has 0 radical (unpaired) electrons. The van der Waals surface area contributed by atoms with E-state index in [1.54, 1.807) is 13.3 Å². The molecule has 1 saturated heterocycles. The molecule has 94 valence electrons. The van der Waals surface area contributed by atoms with Gasteiger partial charge in [-0.1, -0.05) is 6.07 Å². The highest BCUT2D eigenvalue weighted by Crippen LogP contribution is 2.10. The van der Waals surface area contributed by atoms with Crippen molar-refractivity contribution in [3.05, 3.63) is 30.1 Å². The second-order valence-electron chi connectivity index (χ2n) is 4.32. The van der Waals surface area contributed by atoms with Crippen LogP contribution in [0.3, 0.4) is 0 Å². The fourth-order valence-corrected chi connectivity index (χ4v) is 2.05. The molecule has 0 bridgehead atoms. The van der Waals surface area contributed by atoms with Crippen molar-refractivity contribution in [3.8, 4) is 0 Å². The van der Waals surface area contributed by atoms with E-state index in [-0.39, 0.29) is 0 Å². The number of likely N-dealkylation sites (tertiary alicyclic amines) is 1. The van der Waals surface area contributed by atoms with E-state index >= 15 is 0 Å². The molecule has 17 heavy (non-hydrogen) atoms. The van der Waals surface area contributed by atoms with Gasteiger partial charge in [0.1, 0.15) is 0 Å². The van der Waals surface area contributed by atoms with Crippen LogP contribution >= 0.6 is 0 Å². The Hall–Kier alpha value is -0.970. The Kier molecular flexibility index (Phi) is 4.91. The molecule has 2 heterocycles. The van der Waals surface area contributed by atoms with Crippen molar-refractivity contribution in [2.45, 2.75) is 19.1 Å². The largest absolute Gasteiger partial charge is 0.380 e. The minimum atomic E-state index is 0.408. The smallest absolute Gasteiger partial charge is 0.0888 e. The van der Waals surface area contributed by atoms with Gasteiger partial charge < -0.3 is 9.47 Å². The predicted octanol–water partition coefficient (Wildman–Crippen LogP) is 1.32. The van der Waals surface area contributed by atoms with Crippen molar-refractivity contribution in [1.29, 1.82) is 0 Å². The third-order valence-corrected chi connectivity index (χ3v) is 3.09. The van der Waals surface area contributed by atoms with Crippen LogP contribution in [0.4, 0.5) is 0 Å². The summed E-state index contributed by atoms with van der Waals surface area (Å²) in [5.74, 6) is 0. The summed E-state index contributed by atoms with van der Waals surface area (Å²) in [5.41, 5.74) is 0.990. The lowest BCUT2D eigenvalue weighted by atomic mass is 10.3. The van der Waals surface area contributed by atoms with Gasteiger partial charge >= 0.3 is 0 Å². The van der Waals surface area contributed by atoms with Crippen molar-refractivity contribution in [1.82, 2.24) is 9.88 Å². The fourth-order valence-electron chi connectivity index (χ4n) is 2.05. The summed E-state index contributed by atoms with van der Waals surface area (Å²) in [7, 11) is 1.78.